The fourth-order valence-electron chi connectivity index (χ4n) is 4.33. The molecule has 150 valence electrons. The van der Waals surface area contributed by atoms with Crippen molar-refractivity contribution in [3.8, 4) is 5.69 Å². The van der Waals surface area contributed by atoms with Crippen LogP contribution >= 0.6 is 23.8 Å². The molecule has 2 aromatic heterocycles. The monoisotopic (exact) mass is 424 g/mol. The molecular weight excluding hydrogens is 400 g/mol. The maximum atomic E-state index is 6.10. The molecular formula is C23H25ClN4S. The molecule has 0 bridgehead atoms. The Kier molecular flexibility index (Phi) is 5.36. The van der Waals surface area contributed by atoms with Gasteiger partial charge in [0.05, 0.1) is 17.8 Å². The number of aromatic nitrogens is 2. The lowest BCUT2D eigenvalue weighted by Crippen LogP contribution is -2.35. The van der Waals surface area contributed by atoms with Gasteiger partial charge in [0.1, 0.15) is 0 Å². The minimum atomic E-state index is 0.00488. The van der Waals surface area contributed by atoms with Crippen molar-refractivity contribution >= 4 is 28.9 Å². The Bertz CT molecular complexity index is 1030. The summed E-state index contributed by atoms with van der Waals surface area (Å²) in [6.45, 7) is 8.67. The van der Waals surface area contributed by atoms with Crippen molar-refractivity contribution in [2.24, 2.45) is 0 Å². The number of hydrogen-bond donors (Lipinski definition) is 1. The molecule has 2 unspecified atom stereocenters. The first-order valence-corrected chi connectivity index (χ1v) is 10.6. The van der Waals surface area contributed by atoms with E-state index in [0.29, 0.717) is 0 Å². The molecule has 4 nitrogen and oxygen atoms in total. The average molecular weight is 425 g/mol. The summed E-state index contributed by atoms with van der Waals surface area (Å²) in [5.74, 6) is 0. The van der Waals surface area contributed by atoms with E-state index in [2.05, 4.69) is 71.7 Å². The predicted octanol–water partition coefficient (Wildman–Crippen LogP) is 5.52. The Morgan fingerprint density at radius 2 is 1.83 bits per heavy atom. The van der Waals surface area contributed by atoms with E-state index >= 15 is 0 Å². The highest BCUT2D eigenvalue weighted by Gasteiger charge is 2.42. The van der Waals surface area contributed by atoms with Crippen LogP contribution in [-0.2, 0) is 0 Å². The number of pyridine rings is 1. The highest BCUT2D eigenvalue weighted by molar-refractivity contribution is 7.80. The van der Waals surface area contributed by atoms with Crippen molar-refractivity contribution in [2.45, 2.75) is 45.8 Å². The number of aryl methyl sites for hydroxylation is 1. The summed E-state index contributed by atoms with van der Waals surface area (Å²) in [5, 5.41) is 5.04. The fourth-order valence-corrected chi connectivity index (χ4v) is 4.91. The second-order valence-corrected chi connectivity index (χ2v) is 8.59. The van der Waals surface area contributed by atoms with E-state index in [9.17, 15) is 0 Å². The van der Waals surface area contributed by atoms with Crippen LogP contribution < -0.4 is 5.32 Å². The van der Waals surface area contributed by atoms with Crippen molar-refractivity contribution in [3.63, 3.8) is 0 Å². The van der Waals surface area contributed by atoms with Gasteiger partial charge < -0.3 is 14.8 Å². The van der Waals surface area contributed by atoms with E-state index in [1.807, 2.05) is 30.5 Å². The number of benzene rings is 1. The Labute approximate surface area is 182 Å². The molecule has 0 aliphatic carbocycles. The van der Waals surface area contributed by atoms with E-state index < -0.39 is 0 Å². The third kappa shape index (κ3) is 3.53. The Morgan fingerprint density at radius 1 is 1.10 bits per heavy atom. The Morgan fingerprint density at radius 3 is 2.45 bits per heavy atom. The minimum Gasteiger partial charge on any atom is -0.352 e. The molecule has 0 spiro atoms. The molecule has 1 N–H and O–H groups in total. The normalized spacial score (nSPS) is 19.1. The van der Waals surface area contributed by atoms with Crippen LogP contribution in [0.4, 0.5) is 0 Å². The zero-order chi connectivity index (χ0) is 20.7. The van der Waals surface area contributed by atoms with Crippen LogP contribution in [0.3, 0.4) is 0 Å². The quantitative estimate of drug-likeness (QED) is 0.558. The summed E-state index contributed by atoms with van der Waals surface area (Å²) in [4.78, 5) is 6.92. The zero-order valence-corrected chi connectivity index (χ0v) is 18.6. The maximum Gasteiger partial charge on any atom is 0.170 e. The number of thiocarbonyl (C=S) groups is 1. The van der Waals surface area contributed by atoms with E-state index in [1.54, 1.807) is 0 Å². The Hall–Kier alpha value is -2.37. The summed E-state index contributed by atoms with van der Waals surface area (Å²) in [6, 6.07) is 16.6. The predicted molar refractivity (Wildman–Crippen MR) is 123 cm³/mol. The van der Waals surface area contributed by atoms with Gasteiger partial charge in [0, 0.05) is 34.3 Å². The van der Waals surface area contributed by atoms with Crippen LogP contribution in [0.5, 0.6) is 0 Å². The highest BCUT2D eigenvalue weighted by Crippen LogP contribution is 2.42. The molecule has 6 heteroatoms. The number of rotatable bonds is 4. The zero-order valence-electron chi connectivity index (χ0n) is 17.1. The summed E-state index contributed by atoms with van der Waals surface area (Å²) < 4.78 is 2.28. The summed E-state index contributed by atoms with van der Waals surface area (Å²) in [7, 11) is 0. The third-order valence-electron chi connectivity index (χ3n) is 5.57. The first-order valence-electron chi connectivity index (χ1n) is 9.83. The van der Waals surface area contributed by atoms with Gasteiger partial charge in [0.2, 0.25) is 0 Å². The van der Waals surface area contributed by atoms with Crippen LogP contribution in [0.1, 0.15) is 48.6 Å². The van der Waals surface area contributed by atoms with Gasteiger partial charge in [-0.15, -0.1) is 0 Å². The lowest BCUT2D eigenvalue weighted by atomic mass is 9.96. The van der Waals surface area contributed by atoms with Gasteiger partial charge >= 0.3 is 0 Å². The molecule has 29 heavy (non-hydrogen) atoms. The number of nitrogens with zero attached hydrogens (tertiary/aromatic N) is 3. The molecule has 0 saturated carbocycles. The highest BCUT2D eigenvalue weighted by atomic mass is 35.5. The first kappa shape index (κ1) is 19.9. The molecule has 0 radical (unpaired) electrons. The molecule has 1 saturated heterocycles. The van der Waals surface area contributed by atoms with Gasteiger partial charge in [0.25, 0.3) is 0 Å². The largest absolute Gasteiger partial charge is 0.352 e. The molecule has 1 aliphatic rings. The average Bonchev–Trinajstić information content (AvgIpc) is 3.19. The van der Waals surface area contributed by atoms with E-state index in [4.69, 9.17) is 23.8 Å². The van der Waals surface area contributed by atoms with Crippen molar-refractivity contribution in [1.82, 2.24) is 19.8 Å². The van der Waals surface area contributed by atoms with Gasteiger partial charge in [-0.3, -0.25) is 4.98 Å². The molecule has 1 aliphatic heterocycles. The standard InChI is InChI=1S/C23H25ClN4S/c1-14(2)27-22(21(26-23(27)29)20-7-5-6-12-25-20)19-13-15(3)28(16(19)4)18-10-8-17(24)9-11-18/h5-14,21-22H,1-4H3,(H,26,29). The van der Waals surface area contributed by atoms with Crippen molar-refractivity contribution in [1.29, 1.82) is 0 Å². The second-order valence-electron chi connectivity index (χ2n) is 7.77. The minimum absolute atomic E-state index is 0.00488. The molecule has 1 aromatic carbocycles. The van der Waals surface area contributed by atoms with Crippen LogP contribution in [0.15, 0.2) is 54.7 Å². The van der Waals surface area contributed by atoms with Crippen LogP contribution in [0.25, 0.3) is 5.69 Å². The van der Waals surface area contributed by atoms with Crippen LogP contribution in [-0.4, -0.2) is 25.6 Å². The molecule has 3 aromatic rings. The molecule has 3 heterocycles. The second kappa shape index (κ2) is 7.81. The summed E-state index contributed by atoms with van der Waals surface area (Å²) >= 11 is 11.8. The van der Waals surface area contributed by atoms with E-state index in [-0.39, 0.29) is 18.1 Å². The third-order valence-corrected chi connectivity index (χ3v) is 6.15. The van der Waals surface area contributed by atoms with Gasteiger partial charge in [0.15, 0.2) is 5.11 Å². The maximum absolute atomic E-state index is 6.10. The number of nitrogens with one attached hydrogen (secondary N) is 1. The van der Waals surface area contributed by atoms with E-state index in [0.717, 1.165) is 21.5 Å². The molecule has 1 fully saturated rings. The lowest BCUT2D eigenvalue weighted by molar-refractivity contribution is 0.269. The van der Waals surface area contributed by atoms with Gasteiger partial charge in [-0.05, 0) is 87.9 Å². The van der Waals surface area contributed by atoms with Gasteiger partial charge in [-0.1, -0.05) is 17.7 Å². The summed E-state index contributed by atoms with van der Waals surface area (Å²) in [5.41, 5.74) is 5.75. The van der Waals surface area contributed by atoms with Crippen LogP contribution in [0, 0.1) is 13.8 Å². The van der Waals surface area contributed by atoms with Gasteiger partial charge in [-0.25, -0.2) is 0 Å². The summed E-state index contributed by atoms with van der Waals surface area (Å²) in [6.07, 6.45) is 1.84. The topological polar surface area (TPSA) is 33.1 Å². The van der Waals surface area contributed by atoms with Crippen LogP contribution in [0.2, 0.25) is 5.02 Å². The SMILES string of the molecule is Cc1cc(C2C(c3ccccn3)NC(=S)N2C(C)C)c(C)n1-c1ccc(Cl)cc1. The van der Waals surface area contributed by atoms with Gasteiger partial charge in [-0.2, -0.15) is 0 Å². The molecule has 2 atom stereocenters. The number of halogens is 1. The van der Waals surface area contributed by atoms with Crippen molar-refractivity contribution in [3.05, 3.63) is 82.4 Å². The van der Waals surface area contributed by atoms with Crippen molar-refractivity contribution < 1.29 is 0 Å². The first-order chi connectivity index (χ1) is 13.9. The van der Waals surface area contributed by atoms with Crippen molar-refractivity contribution in [2.75, 3.05) is 0 Å². The fraction of sp³-hybridized carbons (Fsp3) is 0.304. The molecule has 4 rings (SSSR count). The molecule has 0 amide bonds. The van der Waals surface area contributed by atoms with E-state index in [1.165, 1.54) is 17.0 Å². The number of hydrogen-bond acceptors (Lipinski definition) is 2. The Balaban J connectivity index is 1.85. The smallest absolute Gasteiger partial charge is 0.170 e. The lowest BCUT2D eigenvalue weighted by Gasteiger charge is -2.31.